The van der Waals surface area contributed by atoms with E-state index >= 15 is 0 Å². The number of rotatable bonds is 3. The van der Waals surface area contributed by atoms with Crippen molar-refractivity contribution in [2.24, 2.45) is 23.7 Å². The van der Waals surface area contributed by atoms with Crippen LogP contribution in [0.2, 0.25) is 0 Å². The number of anilines is 1. The molecule has 2 saturated heterocycles. The van der Waals surface area contributed by atoms with Crippen molar-refractivity contribution in [2.45, 2.75) is 108 Å². The minimum absolute atomic E-state index is 0. The molecule has 1 spiro atoms. The van der Waals surface area contributed by atoms with Crippen LogP contribution in [0.25, 0.3) is 0 Å². The molecule has 1 aromatic rings. The zero-order valence-corrected chi connectivity index (χ0v) is 23.2. The smallest absolute Gasteiger partial charge is 0.247 e. The number of carbonyl (C=O) groups is 1. The minimum Gasteiger partial charge on any atom is -0.339 e. The third-order valence-electron chi connectivity index (χ3n) is 10.1. The summed E-state index contributed by atoms with van der Waals surface area (Å²) in [5.74, 6) is 2.95. The van der Waals surface area contributed by atoms with E-state index < -0.39 is 5.54 Å². The van der Waals surface area contributed by atoms with Gasteiger partial charge in [0.05, 0.1) is 6.67 Å². The highest BCUT2D eigenvalue weighted by atomic mass is 35.5. The molecule has 2 saturated carbocycles. The summed E-state index contributed by atoms with van der Waals surface area (Å²) in [7, 11) is 0. The van der Waals surface area contributed by atoms with E-state index in [1.54, 1.807) is 0 Å². The molecule has 0 radical (unpaired) electrons. The summed E-state index contributed by atoms with van der Waals surface area (Å²) in [6.07, 6.45) is 21.9. The van der Waals surface area contributed by atoms with E-state index in [1.165, 1.54) is 102 Å². The highest BCUT2D eigenvalue weighted by Gasteiger charge is 2.58. The third-order valence-corrected chi connectivity index (χ3v) is 10.1. The van der Waals surface area contributed by atoms with E-state index in [9.17, 15) is 4.79 Å². The Labute approximate surface area is 226 Å². The lowest BCUT2D eigenvalue weighted by Crippen LogP contribution is -2.64. The summed E-state index contributed by atoms with van der Waals surface area (Å²) in [4.78, 5) is 16.3. The first-order chi connectivity index (χ1) is 17.3. The Bertz CT molecular complexity index is 794. The van der Waals surface area contributed by atoms with E-state index in [2.05, 4.69) is 45.9 Å². The molecule has 4 atom stereocenters. The summed E-state index contributed by atoms with van der Waals surface area (Å²) < 4.78 is 0. The highest BCUT2D eigenvalue weighted by molar-refractivity contribution is 5.94. The van der Waals surface area contributed by atoms with E-state index in [1.807, 2.05) is 0 Å². The second kappa shape index (κ2) is 13.5. The third kappa shape index (κ3) is 5.90. The highest BCUT2D eigenvalue weighted by Crippen LogP contribution is 2.49. The maximum atomic E-state index is 13.9. The van der Waals surface area contributed by atoms with Crippen LogP contribution in [-0.2, 0) is 4.79 Å². The number of nitrogens with one attached hydrogen (secondary N) is 2. The van der Waals surface area contributed by atoms with Crippen molar-refractivity contribution < 1.29 is 4.79 Å². The van der Waals surface area contributed by atoms with E-state index in [-0.39, 0.29) is 12.4 Å². The van der Waals surface area contributed by atoms with Gasteiger partial charge in [0.25, 0.3) is 0 Å². The van der Waals surface area contributed by atoms with Crippen LogP contribution in [0.3, 0.4) is 0 Å². The average Bonchev–Trinajstić information content (AvgIpc) is 3.32. The van der Waals surface area contributed by atoms with Crippen LogP contribution in [-0.4, -0.2) is 31.2 Å². The normalized spacial score (nSPS) is 33.3. The molecule has 2 aliphatic heterocycles. The maximum absolute atomic E-state index is 13.9. The summed E-state index contributed by atoms with van der Waals surface area (Å²) in [6, 6.07) is 10.8. The maximum Gasteiger partial charge on any atom is 0.247 e. The van der Waals surface area contributed by atoms with E-state index in [0.29, 0.717) is 24.4 Å². The minimum atomic E-state index is -0.401. The van der Waals surface area contributed by atoms with Crippen molar-refractivity contribution >= 4 is 24.0 Å². The van der Waals surface area contributed by atoms with Gasteiger partial charge in [0.15, 0.2) is 0 Å². The van der Waals surface area contributed by atoms with Gasteiger partial charge >= 0.3 is 0 Å². The SMILES string of the molecule is Cl.O=C1NCN(c2ccccc2)C12CCNCC2C1CCCCCCCC1C1CCCCCCCC1. The van der Waals surface area contributed by atoms with Gasteiger partial charge in [0, 0.05) is 18.2 Å². The number of amides is 1. The predicted octanol–water partition coefficient (Wildman–Crippen LogP) is 7.08. The van der Waals surface area contributed by atoms with Crippen LogP contribution < -0.4 is 15.5 Å². The number of carbonyl (C=O) groups excluding carboxylic acids is 1. The van der Waals surface area contributed by atoms with E-state index in [0.717, 1.165) is 31.3 Å². The monoisotopic (exact) mass is 515 g/mol. The molecule has 202 valence electrons. The molecular formula is C31H50ClN3O. The largest absolute Gasteiger partial charge is 0.339 e. The van der Waals surface area contributed by atoms with Gasteiger partial charge in [-0.3, -0.25) is 4.79 Å². The van der Waals surface area contributed by atoms with Gasteiger partial charge in [-0.15, -0.1) is 12.4 Å². The number of para-hydroxylation sites is 1. The molecule has 2 heterocycles. The Balaban J connectivity index is 0.00000304. The van der Waals surface area contributed by atoms with Crippen molar-refractivity contribution in [3.8, 4) is 0 Å². The molecule has 4 fully saturated rings. The second-order valence-electron chi connectivity index (χ2n) is 12.0. The topological polar surface area (TPSA) is 44.4 Å². The number of halogens is 1. The van der Waals surface area contributed by atoms with E-state index in [4.69, 9.17) is 0 Å². The second-order valence-corrected chi connectivity index (χ2v) is 12.0. The van der Waals surface area contributed by atoms with Crippen LogP contribution in [0, 0.1) is 23.7 Å². The molecule has 1 amide bonds. The predicted molar refractivity (Wildman–Crippen MR) is 153 cm³/mol. The molecule has 2 N–H and O–H groups in total. The van der Waals surface area contributed by atoms with Gasteiger partial charge in [0.2, 0.25) is 5.91 Å². The first-order valence-corrected chi connectivity index (χ1v) is 15.1. The van der Waals surface area contributed by atoms with Crippen LogP contribution in [0.5, 0.6) is 0 Å². The lowest BCUT2D eigenvalue weighted by Gasteiger charge is -2.51. The summed E-state index contributed by atoms with van der Waals surface area (Å²) in [6.45, 7) is 2.58. The Hall–Kier alpha value is -1.26. The molecule has 5 heteroatoms. The fraction of sp³-hybridized carbons (Fsp3) is 0.774. The van der Waals surface area contributed by atoms with Gasteiger partial charge in [-0.05, 0) is 55.7 Å². The Morgan fingerprint density at radius 3 is 2.00 bits per heavy atom. The molecule has 1 aromatic carbocycles. The molecule has 4 unspecified atom stereocenters. The first kappa shape index (κ1) is 27.8. The summed E-state index contributed by atoms with van der Waals surface area (Å²) in [5.41, 5.74) is 0.807. The summed E-state index contributed by atoms with van der Waals surface area (Å²) in [5, 5.41) is 7.09. The Kier molecular flexibility index (Phi) is 10.4. The molecule has 36 heavy (non-hydrogen) atoms. The van der Waals surface area contributed by atoms with Gasteiger partial charge < -0.3 is 15.5 Å². The van der Waals surface area contributed by atoms with Crippen molar-refractivity contribution in [1.82, 2.24) is 10.6 Å². The number of hydrogen-bond acceptors (Lipinski definition) is 3. The zero-order valence-electron chi connectivity index (χ0n) is 22.4. The number of nitrogens with zero attached hydrogens (tertiary/aromatic N) is 1. The molecule has 2 aliphatic carbocycles. The first-order valence-electron chi connectivity index (χ1n) is 15.1. The quantitative estimate of drug-likeness (QED) is 0.452. The zero-order chi connectivity index (χ0) is 23.9. The standard InChI is InChI=1S/C31H49N3O.ClH/c35-30-31(34(24-33-30)26-17-11-8-12-18-26)21-22-32-23-29(31)28-20-14-7-3-6-13-19-27(28)25-15-9-4-1-2-5-10-16-25;/h8,11-12,17-18,25,27-29,32H,1-7,9-10,13-16,19-24H2,(H,33,35);1H. The Morgan fingerprint density at radius 1 is 0.750 bits per heavy atom. The Morgan fingerprint density at radius 2 is 1.33 bits per heavy atom. The van der Waals surface area contributed by atoms with Crippen molar-refractivity contribution in [1.29, 1.82) is 0 Å². The molecule has 5 rings (SSSR count). The van der Waals surface area contributed by atoms with Crippen LogP contribution >= 0.6 is 12.4 Å². The lowest BCUT2D eigenvalue weighted by molar-refractivity contribution is -0.128. The molecule has 4 aliphatic rings. The fourth-order valence-corrected chi connectivity index (χ4v) is 8.41. The molecule has 4 nitrogen and oxygen atoms in total. The van der Waals surface area contributed by atoms with Gasteiger partial charge in [-0.1, -0.05) is 102 Å². The fourth-order valence-electron chi connectivity index (χ4n) is 8.41. The average molecular weight is 516 g/mol. The van der Waals surface area contributed by atoms with Gasteiger partial charge in [0.1, 0.15) is 5.54 Å². The number of hydrogen-bond donors (Lipinski definition) is 2. The van der Waals surface area contributed by atoms with Crippen molar-refractivity contribution in [2.75, 3.05) is 24.7 Å². The van der Waals surface area contributed by atoms with Gasteiger partial charge in [-0.2, -0.15) is 0 Å². The summed E-state index contributed by atoms with van der Waals surface area (Å²) >= 11 is 0. The van der Waals surface area contributed by atoms with Crippen molar-refractivity contribution in [3.05, 3.63) is 30.3 Å². The number of piperidine rings is 1. The molecule has 0 bridgehead atoms. The lowest BCUT2D eigenvalue weighted by atomic mass is 9.61. The van der Waals surface area contributed by atoms with Crippen molar-refractivity contribution in [3.63, 3.8) is 0 Å². The molecular weight excluding hydrogens is 466 g/mol. The van der Waals surface area contributed by atoms with Crippen LogP contribution in [0.4, 0.5) is 5.69 Å². The van der Waals surface area contributed by atoms with Crippen LogP contribution in [0.15, 0.2) is 30.3 Å². The number of benzene rings is 1. The molecule has 0 aromatic heterocycles. The van der Waals surface area contributed by atoms with Gasteiger partial charge in [-0.25, -0.2) is 0 Å². The van der Waals surface area contributed by atoms with Crippen LogP contribution in [0.1, 0.15) is 103 Å².